The Hall–Kier alpha value is -1.01. The number of aromatic nitrogens is 2. The topological polar surface area (TPSA) is 45.8 Å². The van der Waals surface area contributed by atoms with Crippen molar-refractivity contribution in [2.24, 2.45) is 0 Å². The Morgan fingerprint density at radius 2 is 2.05 bits per heavy atom. The molecule has 0 bridgehead atoms. The lowest BCUT2D eigenvalue weighted by molar-refractivity contribution is 0.621. The Labute approximate surface area is 125 Å². The highest BCUT2D eigenvalue weighted by Gasteiger charge is 2.29. The van der Waals surface area contributed by atoms with Gasteiger partial charge in [-0.3, -0.25) is 4.79 Å². The van der Waals surface area contributed by atoms with E-state index < -0.39 is 0 Å². The molecule has 1 saturated carbocycles. The fourth-order valence-corrected chi connectivity index (χ4v) is 2.64. The van der Waals surface area contributed by atoms with Crippen molar-refractivity contribution >= 4 is 31.9 Å². The minimum absolute atomic E-state index is 0.227. The number of hydrogen-bond donors (Lipinski definition) is 1. The summed E-state index contributed by atoms with van der Waals surface area (Å²) in [6.07, 6.45) is 2.09. The van der Waals surface area contributed by atoms with Crippen molar-refractivity contribution in [2.45, 2.75) is 18.8 Å². The van der Waals surface area contributed by atoms with Gasteiger partial charge in [0.05, 0.1) is 10.2 Å². The average molecular weight is 388 g/mol. The zero-order valence-corrected chi connectivity index (χ0v) is 12.9. The summed E-state index contributed by atoms with van der Waals surface area (Å²) >= 11 is 6.37. The summed E-state index contributed by atoms with van der Waals surface area (Å²) in [5, 5.41) is 0. The fraction of sp³-hybridized carbons (Fsp3) is 0.231. The van der Waals surface area contributed by atoms with E-state index in [1.165, 1.54) is 6.07 Å². The number of aromatic amines is 1. The second-order valence-corrected chi connectivity index (χ2v) is 6.16. The summed E-state index contributed by atoms with van der Waals surface area (Å²) in [6, 6.07) is 4.67. The Balaban J connectivity index is 2.14. The highest BCUT2D eigenvalue weighted by molar-refractivity contribution is 9.10. The molecule has 0 saturated heterocycles. The SMILES string of the molecule is O=c1[nH]c(-c2ccc(Br)c(F)c2)nc(C2CC2)c1Br. The maximum absolute atomic E-state index is 13.5. The lowest BCUT2D eigenvalue weighted by atomic mass is 10.2. The van der Waals surface area contributed by atoms with Crippen LogP contribution in [0.2, 0.25) is 0 Å². The molecule has 0 radical (unpaired) electrons. The normalized spacial score (nSPS) is 14.7. The van der Waals surface area contributed by atoms with Gasteiger partial charge in [0.25, 0.3) is 5.56 Å². The van der Waals surface area contributed by atoms with E-state index in [1.807, 2.05) is 0 Å². The lowest BCUT2D eigenvalue weighted by Gasteiger charge is -2.06. The largest absolute Gasteiger partial charge is 0.306 e. The molecule has 0 aliphatic heterocycles. The molecule has 3 nitrogen and oxygen atoms in total. The van der Waals surface area contributed by atoms with Gasteiger partial charge in [0, 0.05) is 11.5 Å². The van der Waals surface area contributed by atoms with Gasteiger partial charge in [0.2, 0.25) is 0 Å². The van der Waals surface area contributed by atoms with Crippen molar-refractivity contribution in [2.75, 3.05) is 0 Å². The van der Waals surface area contributed by atoms with E-state index in [4.69, 9.17) is 0 Å². The van der Waals surface area contributed by atoms with Crippen LogP contribution in [0.1, 0.15) is 24.5 Å². The number of nitrogens with one attached hydrogen (secondary N) is 1. The summed E-state index contributed by atoms with van der Waals surface area (Å²) in [6.45, 7) is 0. The van der Waals surface area contributed by atoms with Gasteiger partial charge < -0.3 is 4.98 Å². The summed E-state index contributed by atoms with van der Waals surface area (Å²) in [5.41, 5.74) is 1.10. The quantitative estimate of drug-likeness (QED) is 0.847. The molecule has 2 aromatic rings. The maximum Gasteiger partial charge on any atom is 0.265 e. The number of H-pyrrole nitrogens is 1. The molecular weight excluding hydrogens is 379 g/mol. The van der Waals surface area contributed by atoms with Crippen LogP contribution in [0.25, 0.3) is 11.4 Å². The first-order valence-corrected chi connectivity index (χ1v) is 7.40. The first-order valence-electron chi connectivity index (χ1n) is 5.81. The fourth-order valence-electron chi connectivity index (χ4n) is 1.88. The lowest BCUT2D eigenvalue weighted by Crippen LogP contribution is -2.13. The zero-order valence-electron chi connectivity index (χ0n) is 9.71. The molecule has 0 unspecified atom stereocenters. The Morgan fingerprint density at radius 3 is 2.68 bits per heavy atom. The third-order valence-corrected chi connectivity index (χ3v) is 4.45. The Morgan fingerprint density at radius 1 is 1.32 bits per heavy atom. The molecule has 0 amide bonds. The molecule has 19 heavy (non-hydrogen) atoms. The molecule has 1 heterocycles. The third-order valence-electron chi connectivity index (χ3n) is 3.05. The van der Waals surface area contributed by atoms with Crippen LogP contribution < -0.4 is 5.56 Å². The second kappa shape index (κ2) is 4.83. The van der Waals surface area contributed by atoms with Gasteiger partial charge in [-0.15, -0.1) is 0 Å². The maximum atomic E-state index is 13.5. The van der Waals surface area contributed by atoms with Crippen LogP contribution in [0.5, 0.6) is 0 Å². The highest BCUT2D eigenvalue weighted by atomic mass is 79.9. The smallest absolute Gasteiger partial charge is 0.265 e. The van der Waals surface area contributed by atoms with Crippen LogP contribution in [0.3, 0.4) is 0 Å². The number of nitrogens with zero attached hydrogens (tertiary/aromatic N) is 1. The minimum atomic E-state index is -0.379. The van der Waals surface area contributed by atoms with Gasteiger partial charge in [0.15, 0.2) is 0 Å². The summed E-state index contributed by atoms with van der Waals surface area (Å²) in [4.78, 5) is 19.0. The zero-order chi connectivity index (χ0) is 13.6. The molecule has 0 atom stereocenters. The molecule has 1 aliphatic carbocycles. The predicted octanol–water partition coefficient (Wildman–Crippen LogP) is 3.98. The number of hydrogen-bond acceptors (Lipinski definition) is 2. The standard InChI is InChI=1S/C13H9Br2FN2O/c14-8-4-3-7(5-9(8)16)12-17-11(6-1-2-6)10(15)13(19)18-12/h3-6H,1-2H2,(H,17,18,19). The molecule has 3 rings (SSSR count). The predicted molar refractivity (Wildman–Crippen MR) is 77.6 cm³/mol. The van der Waals surface area contributed by atoms with Gasteiger partial charge in [-0.2, -0.15) is 0 Å². The van der Waals surface area contributed by atoms with E-state index in [1.54, 1.807) is 12.1 Å². The summed E-state index contributed by atoms with van der Waals surface area (Å²) in [5.74, 6) is 0.369. The highest BCUT2D eigenvalue weighted by Crippen LogP contribution is 2.41. The molecule has 1 aromatic heterocycles. The van der Waals surface area contributed by atoms with Crippen molar-refractivity contribution in [1.29, 1.82) is 0 Å². The van der Waals surface area contributed by atoms with E-state index in [0.29, 0.717) is 26.3 Å². The van der Waals surface area contributed by atoms with E-state index in [-0.39, 0.29) is 11.4 Å². The average Bonchev–Trinajstić information content (AvgIpc) is 3.20. The minimum Gasteiger partial charge on any atom is -0.306 e. The third kappa shape index (κ3) is 2.51. The van der Waals surface area contributed by atoms with Crippen molar-refractivity contribution in [3.05, 3.63) is 49.0 Å². The second-order valence-electron chi connectivity index (χ2n) is 4.52. The Kier molecular flexibility index (Phi) is 3.30. The molecule has 1 aromatic carbocycles. The first-order chi connectivity index (χ1) is 9.06. The van der Waals surface area contributed by atoms with Crippen LogP contribution in [0.4, 0.5) is 4.39 Å². The van der Waals surface area contributed by atoms with Gasteiger partial charge in [0.1, 0.15) is 16.1 Å². The monoisotopic (exact) mass is 386 g/mol. The van der Waals surface area contributed by atoms with Crippen molar-refractivity contribution in [1.82, 2.24) is 9.97 Å². The molecule has 98 valence electrons. The van der Waals surface area contributed by atoms with E-state index >= 15 is 0 Å². The number of halogens is 3. The molecule has 1 aliphatic rings. The molecule has 1 N–H and O–H groups in total. The van der Waals surface area contributed by atoms with Crippen LogP contribution in [-0.2, 0) is 0 Å². The van der Waals surface area contributed by atoms with E-state index in [2.05, 4.69) is 41.8 Å². The van der Waals surface area contributed by atoms with E-state index in [0.717, 1.165) is 18.5 Å². The van der Waals surface area contributed by atoms with Gasteiger partial charge in [-0.1, -0.05) is 0 Å². The van der Waals surface area contributed by atoms with Crippen LogP contribution >= 0.6 is 31.9 Å². The van der Waals surface area contributed by atoms with Crippen LogP contribution in [0.15, 0.2) is 31.9 Å². The molecular formula is C13H9Br2FN2O. The molecule has 0 spiro atoms. The summed E-state index contributed by atoms with van der Waals surface area (Å²) in [7, 11) is 0. The number of benzene rings is 1. The summed E-state index contributed by atoms with van der Waals surface area (Å²) < 4.78 is 14.4. The molecule has 6 heteroatoms. The van der Waals surface area contributed by atoms with Crippen molar-refractivity contribution < 1.29 is 4.39 Å². The van der Waals surface area contributed by atoms with E-state index in [9.17, 15) is 9.18 Å². The first kappa shape index (κ1) is 13.0. The van der Waals surface area contributed by atoms with Gasteiger partial charge in [-0.05, 0) is 62.9 Å². The Bertz CT molecular complexity index is 710. The number of rotatable bonds is 2. The van der Waals surface area contributed by atoms with Crippen LogP contribution in [-0.4, -0.2) is 9.97 Å². The van der Waals surface area contributed by atoms with Gasteiger partial charge >= 0.3 is 0 Å². The van der Waals surface area contributed by atoms with Gasteiger partial charge in [-0.25, -0.2) is 9.37 Å². The van der Waals surface area contributed by atoms with Crippen LogP contribution in [0, 0.1) is 5.82 Å². The molecule has 1 fully saturated rings. The van der Waals surface area contributed by atoms with Crippen molar-refractivity contribution in [3.8, 4) is 11.4 Å². The van der Waals surface area contributed by atoms with Crippen molar-refractivity contribution in [3.63, 3.8) is 0 Å².